The summed E-state index contributed by atoms with van der Waals surface area (Å²) in [6.45, 7) is -0.121. The molecule has 6 nitrogen and oxygen atoms in total. The first-order valence-electron chi connectivity index (χ1n) is 7.14. The number of esters is 1. The maximum Gasteiger partial charge on any atom is 0.340 e. The number of rotatable bonds is 5. The monoisotopic (exact) mass is 378 g/mol. The molecule has 0 heterocycles. The van der Waals surface area contributed by atoms with E-state index < -0.39 is 16.0 Å². The molecule has 0 fully saturated rings. The third-order valence-electron chi connectivity index (χ3n) is 3.43. The fourth-order valence-electron chi connectivity index (χ4n) is 2.01. The molecule has 0 aliphatic heterocycles. The van der Waals surface area contributed by atoms with E-state index in [9.17, 15) is 13.2 Å². The molecule has 2 aromatic carbocycles. The van der Waals surface area contributed by atoms with Gasteiger partial charge in [0, 0.05) is 19.7 Å². The average molecular weight is 379 g/mol. The zero-order valence-corrected chi connectivity index (χ0v) is 15.1. The van der Waals surface area contributed by atoms with Gasteiger partial charge in [0.25, 0.3) is 0 Å². The second-order valence-electron chi connectivity index (χ2n) is 5.27. The third kappa shape index (κ3) is 4.17. The van der Waals surface area contributed by atoms with Gasteiger partial charge in [0.15, 0.2) is 0 Å². The van der Waals surface area contributed by atoms with Gasteiger partial charge in [-0.3, -0.25) is 0 Å². The van der Waals surface area contributed by atoms with Gasteiger partial charge in [-0.15, -0.1) is 0 Å². The summed E-state index contributed by atoms with van der Waals surface area (Å²) in [5, 5.41) is 9.12. The molecule has 0 amide bonds. The second kappa shape index (κ2) is 7.66. The number of hydrogen-bond donors (Lipinski definition) is 0. The molecule has 2 rings (SSSR count). The molecule has 0 saturated carbocycles. The van der Waals surface area contributed by atoms with Crippen molar-refractivity contribution in [2.24, 2.45) is 0 Å². The summed E-state index contributed by atoms with van der Waals surface area (Å²) in [6, 6.07) is 12.5. The number of halogens is 1. The Labute approximate surface area is 151 Å². The highest BCUT2D eigenvalue weighted by atomic mass is 35.5. The van der Waals surface area contributed by atoms with Crippen molar-refractivity contribution in [2.75, 3.05) is 14.1 Å². The quantitative estimate of drug-likeness (QED) is 0.746. The van der Waals surface area contributed by atoms with E-state index in [4.69, 9.17) is 21.6 Å². The second-order valence-corrected chi connectivity index (χ2v) is 7.83. The van der Waals surface area contributed by atoms with Crippen LogP contribution in [0.5, 0.6) is 0 Å². The minimum absolute atomic E-state index is 0.0565. The minimum atomic E-state index is -3.70. The molecule has 0 radical (unpaired) electrons. The van der Waals surface area contributed by atoms with Crippen LogP contribution in [-0.4, -0.2) is 32.8 Å². The van der Waals surface area contributed by atoms with Crippen LogP contribution in [0.4, 0.5) is 0 Å². The fraction of sp³-hybridized carbons (Fsp3) is 0.176. The number of nitriles is 1. The molecule has 0 bridgehead atoms. The van der Waals surface area contributed by atoms with E-state index in [1.54, 1.807) is 24.3 Å². The molecule has 8 heteroatoms. The summed E-state index contributed by atoms with van der Waals surface area (Å²) in [6.07, 6.45) is 0. The van der Waals surface area contributed by atoms with Crippen LogP contribution < -0.4 is 0 Å². The average Bonchev–Trinajstić information content (AvgIpc) is 2.59. The Morgan fingerprint density at radius 1 is 1.24 bits per heavy atom. The van der Waals surface area contributed by atoms with Crippen LogP contribution in [0.15, 0.2) is 47.4 Å². The summed E-state index contributed by atoms with van der Waals surface area (Å²) in [5.74, 6) is -0.770. The molecule has 0 aromatic heterocycles. The van der Waals surface area contributed by atoms with Crippen molar-refractivity contribution in [3.05, 3.63) is 64.2 Å². The van der Waals surface area contributed by atoms with E-state index in [0.29, 0.717) is 11.1 Å². The van der Waals surface area contributed by atoms with Crippen LogP contribution in [0.25, 0.3) is 0 Å². The predicted molar refractivity (Wildman–Crippen MR) is 92.6 cm³/mol. The molecule has 2 aromatic rings. The number of carbonyl (C=O) groups excluding carboxylic acids is 1. The summed E-state index contributed by atoms with van der Waals surface area (Å²) in [5.41, 5.74) is 0.885. The Morgan fingerprint density at radius 2 is 1.92 bits per heavy atom. The maximum atomic E-state index is 12.3. The van der Waals surface area contributed by atoms with Gasteiger partial charge in [-0.25, -0.2) is 17.5 Å². The summed E-state index contributed by atoms with van der Waals surface area (Å²) in [4.78, 5) is 12.2. The first kappa shape index (κ1) is 18.9. The first-order chi connectivity index (χ1) is 11.8. The van der Waals surface area contributed by atoms with Crippen LogP contribution in [0.1, 0.15) is 21.5 Å². The van der Waals surface area contributed by atoms with E-state index in [1.807, 2.05) is 6.07 Å². The van der Waals surface area contributed by atoms with Crippen LogP contribution >= 0.6 is 11.6 Å². The van der Waals surface area contributed by atoms with Crippen molar-refractivity contribution < 1.29 is 17.9 Å². The highest BCUT2D eigenvalue weighted by Gasteiger charge is 2.21. The van der Waals surface area contributed by atoms with Crippen molar-refractivity contribution in [2.45, 2.75) is 11.5 Å². The highest BCUT2D eigenvalue weighted by Crippen LogP contribution is 2.23. The van der Waals surface area contributed by atoms with Gasteiger partial charge in [-0.2, -0.15) is 5.26 Å². The number of carbonyl (C=O) groups is 1. The zero-order chi connectivity index (χ0) is 18.6. The number of hydrogen-bond acceptors (Lipinski definition) is 5. The van der Waals surface area contributed by atoms with Crippen LogP contribution in [-0.2, 0) is 21.4 Å². The molecule has 0 unspecified atom stereocenters. The summed E-state index contributed by atoms with van der Waals surface area (Å²) < 4.78 is 30.6. The molecule has 0 spiro atoms. The Kier molecular flexibility index (Phi) is 5.80. The molecule has 25 heavy (non-hydrogen) atoms. The SMILES string of the molecule is CN(C)S(=O)(=O)c1ccc(Cl)c(C(=O)OCc2ccccc2C#N)c1. The van der Waals surface area contributed by atoms with Gasteiger partial charge < -0.3 is 4.74 Å². The number of benzene rings is 2. The van der Waals surface area contributed by atoms with Crippen molar-refractivity contribution in [3.63, 3.8) is 0 Å². The maximum absolute atomic E-state index is 12.3. The first-order valence-corrected chi connectivity index (χ1v) is 8.96. The lowest BCUT2D eigenvalue weighted by molar-refractivity contribution is 0.0472. The third-order valence-corrected chi connectivity index (χ3v) is 5.57. The zero-order valence-electron chi connectivity index (χ0n) is 13.6. The Bertz CT molecular complexity index is 949. The van der Waals surface area contributed by atoms with Crippen molar-refractivity contribution in [3.8, 4) is 6.07 Å². The van der Waals surface area contributed by atoms with Gasteiger partial charge >= 0.3 is 5.97 Å². The molecule has 0 N–H and O–H groups in total. The number of nitrogens with zero attached hydrogens (tertiary/aromatic N) is 2. The topological polar surface area (TPSA) is 87.5 Å². The fourth-order valence-corrected chi connectivity index (χ4v) is 3.13. The summed E-state index contributed by atoms with van der Waals surface area (Å²) in [7, 11) is -0.924. The normalized spacial score (nSPS) is 11.2. The molecule has 0 atom stereocenters. The van der Waals surface area contributed by atoms with Gasteiger partial charge in [-0.05, 0) is 24.3 Å². The van der Waals surface area contributed by atoms with Gasteiger partial charge in [0.2, 0.25) is 10.0 Å². The standard InChI is InChI=1S/C17H15ClN2O4S/c1-20(2)25(22,23)14-7-8-16(18)15(9-14)17(21)24-11-13-6-4-3-5-12(13)10-19/h3-9H,11H2,1-2H3. The van der Waals surface area contributed by atoms with E-state index >= 15 is 0 Å². The Balaban J connectivity index is 2.27. The molecule has 0 aliphatic rings. The van der Waals surface area contributed by atoms with Gasteiger partial charge in [-0.1, -0.05) is 29.8 Å². The number of sulfonamides is 1. The molecular formula is C17H15ClN2O4S. The lowest BCUT2D eigenvalue weighted by Gasteiger charge is -2.13. The van der Waals surface area contributed by atoms with E-state index in [-0.39, 0.29) is 22.1 Å². The summed E-state index contributed by atoms with van der Waals surface area (Å²) >= 11 is 6.00. The Hall–Kier alpha value is -2.40. The lowest BCUT2D eigenvalue weighted by Crippen LogP contribution is -2.22. The van der Waals surface area contributed by atoms with Gasteiger partial charge in [0.05, 0.1) is 27.1 Å². The highest BCUT2D eigenvalue weighted by molar-refractivity contribution is 7.89. The largest absolute Gasteiger partial charge is 0.457 e. The molecule has 0 saturated heterocycles. The lowest BCUT2D eigenvalue weighted by atomic mass is 10.1. The van der Waals surface area contributed by atoms with Crippen LogP contribution in [0, 0.1) is 11.3 Å². The molecule has 130 valence electrons. The minimum Gasteiger partial charge on any atom is -0.457 e. The number of ether oxygens (including phenoxy) is 1. The smallest absolute Gasteiger partial charge is 0.340 e. The molecule has 0 aliphatic carbocycles. The van der Waals surface area contributed by atoms with E-state index in [0.717, 1.165) is 4.31 Å². The van der Waals surface area contributed by atoms with Gasteiger partial charge in [0.1, 0.15) is 6.61 Å². The van der Waals surface area contributed by atoms with Crippen molar-refractivity contribution >= 4 is 27.6 Å². The van der Waals surface area contributed by atoms with Crippen LogP contribution in [0.2, 0.25) is 5.02 Å². The van der Waals surface area contributed by atoms with Crippen molar-refractivity contribution in [1.82, 2.24) is 4.31 Å². The van der Waals surface area contributed by atoms with Crippen LogP contribution in [0.3, 0.4) is 0 Å². The van der Waals surface area contributed by atoms with E-state index in [2.05, 4.69) is 0 Å². The van der Waals surface area contributed by atoms with E-state index in [1.165, 1.54) is 32.3 Å². The Morgan fingerprint density at radius 3 is 2.56 bits per heavy atom. The molecular weight excluding hydrogens is 364 g/mol. The predicted octanol–water partition coefficient (Wildman–Crippen LogP) is 2.82. The van der Waals surface area contributed by atoms with Crippen molar-refractivity contribution in [1.29, 1.82) is 5.26 Å².